The zero-order valence-corrected chi connectivity index (χ0v) is 16.2. The fourth-order valence-corrected chi connectivity index (χ4v) is 3.13. The fraction of sp³-hybridized carbons (Fsp3) is 0.316. The number of anilines is 3. The number of hydrogen-bond donors (Lipinski definition) is 3. The molecule has 3 aromatic rings. The van der Waals surface area contributed by atoms with Crippen molar-refractivity contribution >= 4 is 17.5 Å². The van der Waals surface area contributed by atoms with Gasteiger partial charge in [0.25, 0.3) is 0 Å². The predicted octanol–water partition coefficient (Wildman–Crippen LogP) is 1.67. The Morgan fingerprint density at radius 1 is 1.31 bits per heavy atom. The van der Waals surface area contributed by atoms with Crippen molar-refractivity contribution in [2.45, 2.75) is 12.5 Å². The van der Waals surface area contributed by atoms with Gasteiger partial charge in [-0.25, -0.2) is 9.97 Å². The number of nitriles is 1. The van der Waals surface area contributed by atoms with Gasteiger partial charge >= 0.3 is 0 Å². The van der Waals surface area contributed by atoms with Crippen molar-refractivity contribution < 1.29 is 4.74 Å². The van der Waals surface area contributed by atoms with E-state index in [0.29, 0.717) is 23.2 Å². The molecule has 1 aliphatic heterocycles. The molecule has 1 fully saturated rings. The van der Waals surface area contributed by atoms with E-state index in [2.05, 4.69) is 42.1 Å². The summed E-state index contributed by atoms with van der Waals surface area (Å²) in [7, 11) is 3.66. The molecular weight excluding hydrogens is 370 g/mol. The molecule has 3 aromatic heterocycles. The summed E-state index contributed by atoms with van der Waals surface area (Å²) in [5, 5.41) is 23.0. The second-order valence-corrected chi connectivity index (χ2v) is 6.65. The Labute approximate surface area is 168 Å². The maximum Gasteiger partial charge on any atom is 0.229 e. The first-order valence-corrected chi connectivity index (χ1v) is 9.24. The van der Waals surface area contributed by atoms with Crippen LogP contribution >= 0.6 is 0 Å². The van der Waals surface area contributed by atoms with Gasteiger partial charge in [0, 0.05) is 50.2 Å². The number of ether oxygens (including phenoxy) is 1. The zero-order valence-electron chi connectivity index (χ0n) is 16.2. The predicted molar refractivity (Wildman–Crippen MR) is 108 cm³/mol. The molecule has 10 nitrogen and oxygen atoms in total. The van der Waals surface area contributed by atoms with Crippen molar-refractivity contribution in [3.63, 3.8) is 0 Å². The minimum Gasteiger partial charge on any atom is -0.486 e. The van der Waals surface area contributed by atoms with E-state index in [1.807, 2.05) is 13.2 Å². The molecule has 3 N–H and O–H groups in total. The topological polar surface area (TPSA) is 126 Å². The van der Waals surface area contributed by atoms with E-state index in [-0.39, 0.29) is 11.8 Å². The highest BCUT2D eigenvalue weighted by Crippen LogP contribution is 2.28. The van der Waals surface area contributed by atoms with Crippen LogP contribution in [0.3, 0.4) is 0 Å². The highest BCUT2D eigenvalue weighted by Gasteiger charge is 2.19. The van der Waals surface area contributed by atoms with Crippen LogP contribution in [0.4, 0.5) is 17.5 Å². The van der Waals surface area contributed by atoms with Crippen LogP contribution in [0.5, 0.6) is 5.75 Å². The van der Waals surface area contributed by atoms with E-state index >= 15 is 0 Å². The molecule has 0 amide bonds. The number of aryl methyl sites for hydroxylation is 1. The van der Waals surface area contributed by atoms with E-state index in [4.69, 9.17) is 4.74 Å². The Hall–Kier alpha value is -3.71. The third-order valence-corrected chi connectivity index (χ3v) is 4.56. The van der Waals surface area contributed by atoms with Gasteiger partial charge in [-0.05, 0) is 13.0 Å². The summed E-state index contributed by atoms with van der Waals surface area (Å²) in [6.45, 7) is 1.66. The van der Waals surface area contributed by atoms with Gasteiger partial charge in [0.1, 0.15) is 18.0 Å². The van der Waals surface area contributed by atoms with Gasteiger partial charge < -0.3 is 20.7 Å². The third-order valence-electron chi connectivity index (χ3n) is 4.56. The highest BCUT2D eigenvalue weighted by atomic mass is 16.5. The molecular formula is C19H21N9O. The van der Waals surface area contributed by atoms with Crippen molar-refractivity contribution in [1.29, 1.82) is 5.26 Å². The molecule has 1 aliphatic rings. The van der Waals surface area contributed by atoms with Crippen LogP contribution < -0.4 is 20.7 Å². The first-order valence-electron chi connectivity index (χ1n) is 9.24. The van der Waals surface area contributed by atoms with Gasteiger partial charge in [0.05, 0.1) is 18.1 Å². The van der Waals surface area contributed by atoms with E-state index in [1.54, 1.807) is 36.4 Å². The van der Waals surface area contributed by atoms with Gasteiger partial charge in [-0.3, -0.25) is 4.68 Å². The quantitative estimate of drug-likeness (QED) is 0.575. The number of nitrogens with one attached hydrogen (secondary N) is 3. The summed E-state index contributed by atoms with van der Waals surface area (Å²) in [6, 6.07) is 3.82. The van der Waals surface area contributed by atoms with Crippen molar-refractivity contribution in [2.75, 3.05) is 30.8 Å². The van der Waals surface area contributed by atoms with Crippen LogP contribution in [0.25, 0.3) is 11.1 Å². The molecule has 0 bridgehead atoms. The van der Waals surface area contributed by atoms with Crippen LogP contribution in [0.2, 0.25) is 0 Å². The summed E-state index contributed by atoms with van der Waals surface area (Å²) in [5.41, 5.74) is 2.67. The summed E-state index contributed by atoms with van der Waals surface area (Å²) in [4.78, 5) is 13.1. The molecule has 0 unspecified atom stereocenters. The van der Waals surface area contributed by atoms with Gasteiger partial charge in [-0.15, -0.1) is 0 Å². The van der Waals surface area contributed by atoms with E-state index < -0.39 is 0 Å². The Morgan fingerprint density at radius 2 is 2.21 bits per heavy atom. The second kappa shape index (κ2) is 8.12. The maximum atomic E-state index is 9.31. The number of pyridine rings is 1. The van der Waals surface area contributed by atoms with Crippen LogP contribution in [0, 0.1) is 11.3 Å². The van der Waals surface area contributed by atoms with Crippen LogP contribution in [-0.2, 0) is 7.05 Å². The molecule has 148 valence electrons. The van der Waals surface area contributed by atoms with Crippen molar-refractivity contribution in [3.8, 4) is 22.9 Å². The summed E-state index contributed by atoms with van der Waals surface area (Å²) in [5.74, 6) is 1.53. The van der Waals surface area contributed by atoms with Gasteiger partial charge in [-0.2, -0.15) is 15.3 Å². The molecule has 0 saturated carbocycles. The van der Waals surface area contributed by atoms with Crippen molar-refractivity contribution in [3.05, 3.63) is 36.5 Å². The molecule has 4 rings (SSSR count). The third kappa shape index (κ3) is 4.09. The Bertz CT molecular complexity index is 1050. The molecule has 1 atom stereocenters. The normalized spacial score (nSPS) is 15.7. The molecule has 4 heterocycles. The molecule has 0 radical (unpaired) electrons. The number of hydrogen-bond acceptors (Lipinski definition) is 9. The largest absolute Gasteiger partial charge is 0.486 e. The molecule has 10 heteroatoms. The van der Waals surface area contributed by atoms with Crippen molar-refractivity contribution in [1.82, 2.24) is 30.0 Å². The maximum absolute atomic E-state index is 9.31. The SMILES string of the molecule is CNc1nc(Nc2cnc(C#N)c(O[C@@H]3CCNC3)c2)ncc1-c1cnn(C)c1. The Morgan fingerprint density at radius 3 is 2.90 bits per heavy atom. The van der Waals surface area contributed by atoms with E-state index in [9.17, 15) is 5.26 Å². The Balaban J connectivity index is 1.57. The van der Waals surface area contributed by atoms with E-state index in [1.165, 1.54) is 0 Å². The molecule has 0 spiro atoms. The summed E-state index contributed by atoms with van der Waals surface area (Å²) in [6.07, 6.45) is 7.89. The van der Waals surface area contributed by atoms with Crippen molar-refractivity contribution in [2.24, 2.45) is 7.05 Å². The molecule has 29 heavy (non-hydrogen) atoms. The number of aromatic nitrogens is 5. The lowest BCUT2D eigenvalue weighted by atomic mass is 10.2. The molecule has 0 aliphatic carbocycles. The van der Waals surface area contributed by atoms with Crippen LogP contribution in [0.15, 0.2) is 30.9 Å². The minimum absolute atomic E-state index is 0.0325. The van der Waals surface area contributed by atoms with Gasteiger partial charge in [0.2, 0.25) is 5.95 Å². The smallest absolute Gasteiger partial charge is 0.229 e. The standard InChI is InChI=1S/C19H21N9O/c1-21-18-15(12-7-25-28(2)11-12)10-24-19(27-18)26-13-5-17(16(6-20)23-8-13)29-14-3-4-22-9-14/h5,7-8,10-11,14,22H,3-4,9H2,1-2H3,(H2,21,24,26,27)/t14-/m1/s1. The lowest BCUT2D eigenvalue weighted by molar-refractivity contribution is 0.221. The number of rotatable bonds is 6. The lowest BCUT2D eigenvalue weighted by Gasteiger charge is -2.15. The fourth-order valence-electron chi connectivity index (χ4n) is 3.13. The summed E-state index contributed by atoms with van der Waals surface area (Å²) >= 11 is 0. The van der Waals surface area contributed by atoms with Gasteiger partial charge in [-0.1, -0.05) is 0 Å². The zero-order chi connectivity index (χ0) is 20.2. The first-order chi connectivity index (χ1) is 14.2. The van der Waals surface area contributed by atoms with Crippen LogP contribution in [-0.4, -0.2) is 51.0 Å². The van der Waals surface area contributed by atoms with Gasteiger partial charge in [0.15, 0.2) is 11.4 Å². The second-order valence-electron chi connectivity index (χ2n) is 6.65. The Kier molecular flexibility index (Phi) is 5.22. The first kappa shape index (κ1) is 18.6. The lowest BCUT2D eigenvalue weighted by Crippen LogP contribution is -2.20. The average Bonchev–Trinajstić information content (AvgIpc) is 3.40. The number of nitrogens with zero attached hydrogens (tertiary/aromatic N) is 6. The average molecular weight is 391 g/mol. The molecule has 0 aromatic carbocycles. The monoisotopic (exact) mass is 391 g/mol. The minimum atomic E-state index is 0.0325. The summed E-state index contributed by atoms with van der Waals surface area (Å²) < 4.78 is 7.68. The van der Waals surface area contributed by atoms with Crippen LogP contribution in [0.1, 0.15) is 12.1 Å². The van der Waals surface area contributed by atoms with E-state index in [0.717, 1.165) is 30.6 Å². The molecule has 1 saturated heterocycles. The highest BCUT2D eigenvalue weighted by molar-refractivity contribution is 5.74.